The van der Waals surface area contributed by atoms with E-state index in [2.05, 4.69) is 11.1 Å². The molecule has 0 saturated carbocycles. The monoisotopic (exact) mass is 198 g/mol. The predicted octanol–water partition coefficient (Wildman–Crippen LogP) is 2.76. The number of hydrogen-bond acceptors (Lipinski definition) is 2. The first kappa shape index (κ1) is 9.35. The second-order valence-corrected chi connectivity index (χ2v) is 3.02. The summed E-state index contributed by atoms with van der Waals surface area (Å²) in [5, 5.41) is 8.89. The Bertz CT molecular complexity index is 529. The lowest BCUT2D eigenvalue weighted by Gasteiger charge is -2.02. The van der Waals surface area contributed by atoms with E-state index >= 15 is 0 Å². The molecule has 1 aromatic carbocycles. The fourth-order valence-corrected chi connectivity index (χ4v) is 1.40. The summed E-state index contributed by atoms with van der Waals surface area (Å²) in [7, 11) is 0. The zero-order valence-corrected chi connectivity index (χ0v) is 7.81. The smallest absolute Gasteiger partial charge is 0.213 e. The Balaban J connectivity index is 2.60. The molecule has 0 aliphatic heterocycles. The largest absolute Gasteiger partial charge is 0.228 e. The molecule has 0 unspecified atom stereocenters. The van der Waals surface area contributed by atoms with Crippen molar-refractivity contribution in [1.29, 1.82) is 5.26 Å². The molecule has 0 N–H and O–H groups in total. The van der Waals surface area contributed by atoms with E-state index in [-0.39, 0.29) is 0 Å². The third-order valence-electron chi connectivity index (χ3n) is 2.09. The quantitative estimate of drug-likeness (QED) is 0.660. The Labute approximate surface area is 86.6 Å². The van der Waals surface area contributed by atoms with Crippen LogP contribution in [-0.4, -0.2) is 4.98 Å². The van der Waals surface area contributed by atoms with Gasteiger partial charge in [-0.05, 0) is 23.3 Å². The molecule has 0 atom stereocenters. The molecule has 15 heavy (non-hydrogen) atoms. The minimum absolute atomic E-state index is 0.531. The molecular weight excluding hydrogens is 191 g/mol. The van der Waals surface area contributed by atoms with Gasteiger partial charge in [0, 0.05) is 12.3 Å². The third kappa shape index (κ3) is 1.84. The highest BCUT2D eigenvalue weighted by Crippen LogP contribution is 2.22. The van der Waals surface area contributed by atoms with Gasteiger partial charge in [-0.3, -0.25) is 0 Å². The number of nitrogens with zero attached hydrogens (tertiary/aromatic N) is 2. The lowest BCUT2D eigenvalue weighted by molar-refractivity contribution is 0.584. The minimum atomic E-state index is -0.541. The van der Waals surface area contributed by atoms with Crippen LogP contribution in [0.15, 0.2) is 42.6 Å². The number of hydrogen-bond donors (Lipinski definition) is 0. The van der Waals surface area contributed by atoms with E-state index in [9.17, 15) is 4.39 Å². The van der Waals surface area contributed by atoms with Crippen molar-refractivity contribution in [2.75, 3.05) is 0 Å². The number of aromatic nitrogens is 1. The molecule has 0 amide bonds. The van der Waals surface area contributed by atoms with Crippen LogP contribution in [0.5, 0.6) is 0 Å². The van der Waals surface area contributed by atoms with E-state index in [0.29, 0.717) is 11.1 Å². The van der Waals surface area contributed by atoms with Gasteiger partial charge in [-0.2, -0.15) is 9.65 Å². The highest BCUT2D eigenvalue weighted by Gasteiger charge is 2.04. The summed E-state index contributed by atoms with van der Waals surface area (Å²) in [6, 6.07) is 12.1. The number of pyridine rings is 1. The van der Waals surface area contributed by atoms with Gasteiger partial charge < -0.3 is 0 Å². The van der Waals surface area contributed by atoms with Gasteiger partial charge >= 0.3 is 0 Å². The second kappa shape index (κ2) is 3.89. The van der Waals surface area contributed by atoms with E-state index in [0.717, 1.165) is 5.56 Å². The summed E-state index contributed by atoms with van der Waals surface area (Å²) in [6.07, 6.45) is 1.39. The first-order chi connectivity index (χ1) is 7.31. The molecule has 1 heterocycles. The molecule has 2 nitrogen and oxygen atoms in total. The lowest BCUT2D eigenvalue weighted by atomic mass is 10.0. The summed E-state index contributed by atoms with van der Waals surface area (Å²) >= 11 is 0. The van der Waals surface area contributed by atoms with Gasteiger partial charge in [-0.15, -0.1) is 0 Å². The van der Waals surface area contributed by atoms with Crippen LogP contribution >= 0.6 is 0 Å². The van der Waals surface area contributed by atoms with Gasteiger partial charge in [-0.1, -0.05) is 18.2 Å². The van der Waals surface area contributed by atoms with Crippen molar-refractivity contribution in [2.45, 2.75) is 0 Å². The first-order valence-corrected chi connectivity index (χ1v) is 4.42. The molecule has 0 saturated heterocycles. The average Bonchev–Trinajstić information content (AvgIpc) is 2.29. The van der Waals surface area contributed by atoms with Crippen molar-refractivity contribution in [2.24, 2.45) is 0 Å². The molecule has 3 heteroatoms. The Hall–Kier alpha value is -2.21. The fourth-order valence-electron chi connectivity index (χ4n) is 1.40. The van der Waals surface area contributed by atoms with Gasteiger partial charge in [-0.25, -0.2) is 4.98 Å². The highest BCUT2D eigenvalue weighted by atomic mass is 19.1. The number of halogens is 1. The third-order valence-corrected chi connectivity index (χ3v) is 2.09. The van der Waals surface area contributed by atoms with Crippen LogP contribution in [0.2, 0.25) is 0 Å². The molecule has 0 spiro atoms. The van der Waals surface area contributed by atoms with E-state index < -0.39 is 5.95 Å². The maximum atomic E-state index is 12.9. The Morgan fingerprint density at radius 2 is 2.00 bits per heavy atom. The van der Waals surface area contributed by atoms with Crippen LogP contribution in [0.4, 0.5) is 4.39 Å². The number of benzene rings is 1. The van der Waals surface area contributed by atoms with Crippen LogP contribution in [0.1, 0.15) is 5.56 Å². The summed E-state index contributed by atoms with van der Waals surface area (Å²) < 4.78 is 12.9. The molecular formula is C12H7FN2. The zero-order valence-electron chi connectivity index (χ0n) is 7.81. The van der Waals surface area contributed by atoms with E-state index in [1.165, 1.54) is 12.3 Å². The maximum Gasteiger partial charge on any atom is 0.213 e. The SMILES string of the molecule is N#Cc1ccccc1-c1ccnc(F)c1. The van der Waals surface area contributed by atoms with E-state index in [1.54, 1.807) is 24.3 Å². The molecule has 2 aromatic rings. The summed E-state index contributed by atoms with van der Waals surface area (Å²) in [4.78, 5) is 3.47. The average molecular weight is 198 g/mol. The predicted molar refractivity (Wildman–Crippen MR) is 54.3 cm³/mol. The van der Waals surface area contributed by atoms with Crippen molar-refractivity contribution in [1.82, 2.24) is 4.98 Å². The maximum absolute atomic E-state index is 12.9. The van der Waals surface area contributed by atoms with Crippen LogP contribution in [0.25, 0.3) is 11.1 Å². The fraction of sp³-hybridized carbons (Fsp3) is 0. The molecule has 2 rings (SSSR count). The molecule has 0 fully saturated rings. The van der Waals surface area contributed by atoms with Crippen molar-refractivity contribution < 1.29 is 4.39 Å². The van der Waals surface area contributed by atoms with Gasteiger partial charge in [0.25, 0.3) is 0 Å². The molecule has 1 aromatic heterocycles. The number of rotatable bonds is 1. The first-order valence-electron chi connectivity index (χ1n) is 4.42. The van der Waals surface area contributed by atoms with Gasteiger partial charge in [0.1, 0.15) is 0 Å². The van der Waals surface area contributed by atoms with Crippen LogP contribution in [0, 0.1) is 17.3 Å². The Kier molecular flexibility index (Phi) is 2.42. The van der Waals surface area contributed by atoms with Gasteiger partial charge in [0.05, 0.1) is 11.6 Å². The Morgan fingerprint density at radius 3 is 2.73 bits per heavy atom. The van der Waals surface area contributed by atoms with Crippen molar-refractivity contribution in [3.8, 4) is 17.2 Å². The zero-order chi connectivity index (χ0) is 10.7. The summed E-state index contributed by atoms with van der Waals surface area (Å²) in [5.74, 6) is -0.541. The van der Waals surface area contributed by atoms with Crippen molar-refractivity contribution in [3.05, 3.63) is 54.1 Å². The van der Waals surface area contributed by atoms with Crippen LogP contribution in [-0.2, 0) is 0 Å². The molecule has 0 aliphatic carbocycles. The molecule has 0 aliphatic rings. The summed E-state index contributed by atoms with van der Waals surface area (Å²) in [5.41, 5.74) is 1.92. The topological polar surface area (TPSA) is 36.7 Å². The molecule has 0 bridgehead atoms. The highest BCUT2D eigenvalue weighted by molar-refractivity contribution is 5.69. The van der Waals surface area contributed by atoms with Crippen molar-refractivity contribution >= 4 is 0 Å². The van der Waals surface area contributed by atoms with Gasteiger partial charge in [0.15, 0.2) is 0 Å². The Morgan fingerprint density at radius 1 is 1.20 bits per heavy atom. The molecule has 0 radical (unpaired) electrons. The second-order valence-electron chi connectivity index (χ2n) is 3.02. The number of nitriles is 1. The summed E-state index contributed by atoms with van der Waals surface area (Å²) in [6.45, 7) is 0. The van der Waals surface area contributed by atoms with Crippen molar-refractivity contribution in [3.63, 3.8) is 0 Å². The van der Waals surface area contributed by atoms with Crippen LogP contribution < -0.4 is 0 Å². The van der Waals surface area contributed by atoms with E-state index in [1.807, 2.05) is 6.07 Å². The standard InChI is InChI=1S/C12H7FN2/c13-12-7-9(5-6-15-12)11-4-2-1-3-10(11)8-14/h1-7H. The lowest BCUT2D eigenvalue weighted by Crippen LogP contribution is -1.86. The van der Waals surface area contributed by atoms with Gasteiger partial charge in [0.2, 0.25) is 5.95 Å². The van der Waals surface area contributed by atoms with E-state index in [4.69, 9.17) is 5.26 Å². The molecule has 72 valence electrons. The minimum Gasteiger partial charge on any atom is -0.228 e. The van der Waals surface area contributed by atoms with Crippen LogP contribution in [0.3, 0.4) is 0 Å². The normalized spacial score (nSPS) is 9.60.